The van der Waals surface area contributed by atoms with Crippen molar-refractivity contribution in [3.8, 4) is 17.1 Å². The fraction of sp³-hybridized carbons (Fsp3) is 0.348. The van der Waals surface area contributed by atoms with Crippen LogP contribution in [0.5, 0.6) is 0 Å². The van der Waals surface area contributed by atoms with E-state index in [0.29, 0.717) is 43.2 Å². The monoisotopic (exact) mass is 581 g/mol. The van der Waals surface area contributed by atoms with E-state index in [9.17, 15) is 21.6 Å². The first-order chi connectivity index (χ1) is 18.5. The largest absolute Gasteiger partial charge is 0.420 e. The van der Waals surface area contributed by atoms with Crippen molar-refractivity contribution in [1.82, 2.24) is 38.8 Å². The van der Waals surface area contributed by atoms with E-state index in [2.05, 4.69) is 30.6 Å². The quantitative estimate of drug-likeness (QED) is 0.352. The SMILES string of the molecule is CS(=O)(=O)N1CCC(Nc2ncc(C(F)(F)F)c(-c3cn(-c4ccc(Cn5ccnn5)cc4Cl)cn3)n2)CC1. The van der Waals surface area contributed by atoms with E-state index in [1.807, 2.05) is 6.07 Å². The smallest absolute Gasteiger partial charge is 0.351 e. The molecule has 3 aromatic heterocycles. The molecule has 11 nitrogen and oxygen atoms in total. The molecule has 0 amide bonds. The van der Waals surface area contributed by atoms with Crippen LogP contribution in [0.4, 0.5) is 19.1 Å². The minimum Gasteiger partial charge on any atom is -0.351 e. The maximum atomic E-state index is 13.8. The number of sulfonamides is 1. The van der Waals surface area contributed by atoms with E-state index in [1.54, 1.807) is 29.2 Å². The summed E-state index contributed by atoms with van der Waals surface area (Å²) < 4.78 is 69.5. The number of halogens is 4. The average Bonchev–Trinajstić information content (AvgIpc) is 3.56. The summed E-state index contributed by atoms with van der Waals surface area (Å²) in [6.07, 6.45) is 4.15. The number of rotatable bonds is 7. The number of hydrogen-bond donors (Lipinski definition) is 1. The van der Waals surface area contributed by atoms with Gasteiger partial charge in [-0.3, -0.25) is 0 Å². The fourth-order valence-corrected chi connectivity index (χ4v) is 5.48. The van der Waals surface area contributed by atoms with Gasteiger partial charge in [0.05, 0.1) is 29.7 Å². The maximum Gasteiger partial charge on any atom is 0.420 e. The summed E-state index contributed by atoms with van der Waals surface area (Å²) in [7, 11) is -3.30. The third-order valence-electron chi connectivity index (χ3n) is 6.28. The van der Waals surface area contributed by atoms with Gasteiger partial charge in [-0.25, -0.2) is 32.4 Å². The molecular formula is C23H23ClF3N9O2S. The lowest BCUT2D eigenvalue weighted by molar-refractivity contribution is -0.137. The molecule has 0 bridgehead atoms. The molecule has 0 aliphatic carbocycles. The van der Waals surface area contributed by atoms with Gasteiger partial charge in [-0.1, -0.05) is 22.9 Å². The van der Waals surface area contributed by atoms with Crippen molar-refractivity contribution in [2.24, 2.45) is 0 Å². The minimum atomic E-state index is -4.71. The first-order valence-electron chi connectivity index (χ1n) is 11.8. The third kappa shape index (κ3) is 6.20. The van der Waals surface area contributed by atoms with Crippen LogP contribution in [-0.2, 0) is 22.7 Å². The van der Waals surface area contributed by atoms with Gasteiger partial charge in [-0.05, 0) is 30.5 Å². The van der Waals surface area contributed by atoms with Gasteiger partial charge in [0.15, 0.2) is 0 Å². The second-order valence-corrected chi connectivity index (χ2v) is 11.5. The predicted octanol–water partition coefficient (Wildman–Crippen LogP) is 3.48. The van der Waals surface area contributed by atoms with Gasteiger partial charge in [-0.2, -0.15) is 13.2 Å². The standard InChI is InChI=1S/C23H23ClF3N9O2S/c1-39(37,38)36-7-4-16(5-8-36)31-22-28-11-17(23(25,26)27)21(32-22)19-13-34(14-29-19)20-3-2-15(10-18(20)24)12-35-9-6-30-33-35/h2-3,6,9-11,13-14,16H,4-5,7-8,12H2,1H3,(H,28,31,32). The number of anilines is 1. The summed E-state index contributed by atoms with van der Waals surface area (Å²) in [6.45, 7) is 1.05. The molecule has 1 aliphatic rings. The summed E-state index contributed by atoms with van der Waals surface area (Å²) >= 11 is 6.48. The Balaban J connectivity index is 1.39. The molecule has 0 spiro atoms. The fourth-order valence-electron chi connectivity index (χ4n) is 4.31. The van der Waals surface area contributed by atoms with Gasteiger partial charge in [0.2, 0.25) is 16.0 Å². The van der Waals surface area contributed by atoms with Gasteiger partial charge in [0.1, 0.15) is 23.3 Å². The Bertz CT molecular complexity index is 1570. The van der Waals surface area contributed by atoms with Crippen LogP contribution in [0.25, 0.3) is 17.1 Å². The highest BCUT2D eigenvalue weighted by Gasteiger charge is 2.36. The normalized spacial score (nSPS) is 15.5. The Kier molecular flexibility index (Phi) is 7.31. The minimum absolute atomic E-state index is 0.000789. The molecule has 5 rings (SSSR count). The highest BCUT2D eigenvalue weighted by atomic mass is 35.5. The highest BCUT2D eigenvalue weighted by molar-refractivity contribution is 7.88. The molecule has 1 aromatic carbocycles. The molecule has 0 atom stereocenters. The van der Waals surface area contributed by atoms with Crippen LogP contribution >= 0.6 is 11.6 Å². The average molecular weight is 582 g/mol. The Morgan fingerprint density at radius 3 is 2.59 bits per heavy atom. The van der Waals surface area contributed by atoms with Crippen LogP contribution in [0.2, 0.25) is 5.02 Å². The van der Waals surface area contributed by atoms with Gasteiger partial charge >= 0.3 is 6.18 Å². The van der Waals surface area contributed by atoms with Crippen molar-refractivity contribution in [3.05, 3.63) is 65.5 Å². The Morgan fingerprint density at radius 1 is 1.18 bits per heavy atom. The zero-order valence-corrected chi connectivity index (χ0v) is 22.1. The lowest BCUT2D eigenvalue weighted by Gasteiger charge is -2.30. The number of imidazole rings is 1. The topological polar surface area (TPSA) is 124 Å². The van der Waals surface area contributed by atoms with Crippen molar-refractivity contribution in [3.63, 3.8) is 0 Å². The molecule has 1 fully saturated rings. The van der Waals surface area contributed by atoms with E-state index < -0.39 is 21.8 Å². The second-order valence-electron chi connectivity index (χ2n) is 9.09. The molecule has 1 aliphatic heterocycles. The number of piperidine rings is 1. The van der Waals surface area contributed by atoms with Gasteiger partial charge < -0.3 is 9.88 Å². The highest BCUT2D eigenvalue weighted by Crippen LogP contribution is 2.36. The molecule has 0 saturated carbocycles. The van der Waals surface area contributed by atoms with E-state index in [4.69, 9.17) is 11.6 Å². The molecule has 4 aromatic rings. The molecule has 1 saturated heterocycles. The summed E-state index contributed by atoms with van der Waals surface area (Å²) in [5.41, 5.74) is -0.0349. The number of aromatic nitrogens is 7. The summed E-state index contributed by atoms with van der Waals surface area (Å²) in [4.78, 5) is 12.2. The van der Waals surface area contributed by atoms with E-state index in [1.165, 1.54) is 21.4 Å². The lowest BCUT2D eigenvalue weighted by Crippen LogP contribution is -2.42. The second kappa shape index (κ2) is 10.5. The summed E-state index contributed by atoms with van der Waals surface area (Å²) in [6, 6.07) is 5.10. The van der Waals surface area contributed by atoms with Crippen LogP contribution in [0, 0.1) is 0 Å². The molecule has 0 unspecified atom stereocenters. The van der Waals surface area contributed by atoms with Crippen LogP contribution in [0.3, 0.4) is 0 Å². The Hall–Kier alpha value is -3.56. The lowest BCUT2D eigenvalue weighted by atomic mass is 10.1. The zero-order valence-electron chi connectivity index (χ0n) is 20.5. The van der Waals surface area contributed by atoms with Crippen LogP contribution < -0.4 is 5.32 Å². The predicted molar refractivity (Wildman–Crippen MR) is 137 cm³/mol. The van der Waals surface area contributed by atoms with E-state index in [-0.39, 0.29) is 23.4 Å². The molecule has 206 valence electrons. The first kappa shape index (κ1) is 27.0. The number of nitrogens with one attached hydrogen (secondary N) is 1. The van der Waals surface area contributed by atoms with Gasteiger partial charge in [0.25, 0.3) is 0 Å². The number of benzene rings is 1. The van der Waals surface area contributed by atoms with E-state index in [0.717, 1.165) is 18.0 Å². The maximum absolute atomic E-state index is 13.8. The Labute approximate surface area is 226 Å². The van der Waals surface area contributed by atoms with Crippen LogP contribution in [0.1, 0.15) is 24.0 Å². The number of alkyl halides is 3. The molecule has 1 N–H and O–H groups in total. The molecule has 0 radical (unpaired) electrons. The zero-order chi connectivity index (χ0) is 27.8. The van der Waals surface area contributed by atoms with Gasteiger partial charge in [0, 0.05) is 37.7 Å². The molecule has 39 heavy (non-hydrogen) atoms. The summed E-state index contributed by atoms with van der Waals surface area (Å²) in [5.74, 6) is 0.000789. The van der Waals surface area contributed by atoms with Crippen molar-refractivity contribution >= 4 is 27.6 Å². The first-order valence-corrected chi connectivity index (χ1v) is 14.0. The van der Waals surface area contributed by atoms with Gasteiger partial charge in [-0.15, -0.1) is 5.10 Å². The number of nitrogens with zero attached hydrogens (tertiary/aromatic N) is 8. The molecule has 4 heterocycles. The van der Waals surface area contributed by atoms with Crippen molar-refractivity contribution in [1.29, 1.82) is 0 Å². The third-order valence-corrected chi connectivity index (χ3v) is 7.89. The van der Waals surface area contributed by atoms with Crippen LogP contribution in [0.15, 0.2) is 49.3 Å². The van der Waals surface area contributed by atoms with E-state index >= 15 is 0 Å². The van der Waals surface area contributed by atoms with Crippen molar-refractivity contribution < 1.29 is 21.6 Å². The molecular weight excluding hydrogens is 559 g/mol. The van der Waals surface area contributed by atoms with Crippen molar-refractivity contribution in [2.45, 2.75) is 31.6 Å². The summed E-state index contributed by atoms with van der Waals surface area (Å²) in [5, 5.41) is 11.1. The number of hydrogen-bond acceptors (Lipinski definition) is 8. The van der Waals surface area contributed by atoms with Crippen LogP contribution in [-0.4, -0.2) is 72.6 Å². The Morgan fingerprint density at radius 2 is 1.95 bits per heavy atom. The molecule has 16 heteroatoms. The van der Waals surface area contributed by atoms with Crippen molar-refractivity contribution in [2.75, 3.05) is 24.7 Å².